The number of carbonyl (C=O) groups excluding carboxylic acids is 1. The van der Waals surface area contributed by atoms with Crippen LogP contribution in [-0.2, 0) is 0 Å². The summed E-state index contributed by atoms with van der Waals surface area (Å²) in [5.74, 6) is -0.637. The van der Waals surface area contributed by atoms with Crippen molar-refractivity contribution in [3.63, 3.8) is 0 Å². The molecule has 0 saturated carbocycles. The minimum atomic E-state index is -0.802. The Bertz CT molecular complexity index is 756. The number of halogens is 2. The van der Waals surface area contributed by atoms with Gasteiger partial charge in [0, 0.05) is 0 Å². The number of aromatic nitrogens is 2. The van der Waals surface area contributed by atoms with Crippen LogP contribution in [0.4, 0.5) is 9.18 Å². The van der Waals surface area contributed by atoms with E-state index < -0.39 is 11.8 Å². The van der Waals surface area contributed by atoms with Crippen LogP contribution in [0, 0.1) is 5.82 Å². The van der Waals surface area contributed by atoms with E-state index in [1.165, 1.54) is 19.4 Å². The number of primary amides is 1. The highest BCUT2D eigenvalue weighted by atomic mass is 35.5. The molecule has 0 atom stereocenters. The minimum Gasteiger partial charge on any atom is -0.493 e. The maximum Gasteiger partial charge on any atom is 0.332 e. The van der Waals surface area contributed by atoms with Gasteiger partial charge >= 0.3 is 6.03 Å². The maximum atomic E-state index is 13.6. The number of urea groups is 1. The second kappa shape index (κ2) is 7.36. The molecule has 2 rings (SSSR count). The van der Waals surface area contributed by atoms with Gasteiger partial charge in [-0.3, -0.25) is 0 Å². The molecule has 1 heterocycles. The molecule has 0 fully saturated rings. The number of hydrazone groups is 1. The monoisotopic (exact) mass is 339 g/mol. The van der Waals surface area contributed by atoms with E-state index in [0.29, 0.717) is 11.3 Å². The van der Waals surface area contributed by atoms with Crippen LogP contribution >= 0.6 is 11.6 Å². The molecule has 0 saturated heterocycles. The van der Waals surface area contributed by atoms with E-state index >= 15 is 0 Å². The Morgan fingerprint density at radius 2 is 2.26 bits per heavy atom. The van der Waals surface area contributed by atoms with Gasteiger partial charge in [0.25, 0.3) is 5.88 Å². The summed E-state index contributed by atoms with van der Waals surface area (Å²) in [5, 5.41) is 3.45. The summed E-state index contributed by atoms with van der Waals surface area (Å²) < 4.78 is 24.1. The highest BCUT2D eigenvalue weighted by Gasteiger charge is 2.12. The fourth-order valence-electron chi connectivity index (χ4n) is 1.53. The first-order valence-corrected chi connectivity index (χ1v) is 6.50. The molecule has 120 valence electrons. The first kappa shape index (κ1) is 16.4. The van der Waals surface area contributed by atoms with E-state index in [4.69, 9.17) is 26.8 Å². The van der Waals surface area contributed by atoms with Crippen LogP contribution in [0.2, 0.25) is 5.28 Å². The lowest BCUT2D eigenvalue weighted by atomic mass is 10.2. The van der Waals surface area contributed by atoms with Gasteiger partial charge in [-0.15, -0.1) is 0 Å². The number of methoxy groups -OCH3 is 1. The Morgan fingerprint density at radius 3 is 2.96 bits per heavy atom. The van der Waals surface area contributed by atoms with Gasteiger partial charge in [-0.1, -0.05) is 0 Å². The minimum absolute atomic E-state index is 0.163. The molecule has 1 aromatic carbocycles. The second-order valence-electron chi connectivity index (χ2n) is 4.04. The lowest BCUT2D eigenvalue weighted by molar-refractivity contribution is 0.249. The normalized spacial score (nSPS) is 10.6. The first-order valence-electron chi connectivity index (χ1n) is 6.12. The summed E-state index contributed by atoms with van der Waals surface area (Å²) in [4.78, 5) is 17.7. The van der Waals surface area contributed by atoms with Gasteiger partial charge < -0.3 is 15.2 Å². The van der Waals surface area contributed by atoms with Crippen molar-refractivity contribution in [2.75, 3.05) is 7.11 Å². The third-order valence-corrected chi connectivity index (χ3v) is 2.65. The van der Waals surface area contributed by atoms with Gasteiger partial charge in [-0.05, 0) is 35.4 Å². The van der Waals surface area contributed by atoms with E-state index in [9.17, 15) is 9.18 Å². The Labute approximate surface area is 135 Å². The van der Waals surface area contributed by atoms with Gasteiger partial charge in [0.15, 0.2) is 11.5 Å². The zero-order chi connectivity index (χ0) is 16.8. The highest BCUT2D eigenvalue weighted by Crippen LogP contribution is 2.32. The van der Waals surface area contributed by atoms with Crippen LogP contribution < -0.4 is 20.6 Å². The van der Waals surface area contributed by atoms with Gasteiger partial charge in [-0.2, -0.15) is 14.5 Å². The summed E-state index contributed by atoms with van der Waals surface area (Å²) in [6.07, 6.45) is 2.21. The predicted molar refractivity (Wildman–Crippen MR) is 80.4 cm³/mol. The molecule has 1 aromatic heterocycles. The number of ether oxygens (including phenoxy) is 2. The summed E-state index contributed by atoms with van der Waals surface area (Å²) in [5.41, 5.74) is 7.47. The number of carbonyl (C=O) groups is 1. The van der Waals surface area contributed by atoms with E-state index in [1.807, 2.05) is 5.43 Å². The standard InChI is InChI=1S/C13H11ClFN5O3/c1-22-9-3-2-7(5-18-20-13(16)21)4-10(9)23-11-8(15)6-17-12(14)19-11/h2-6H,1H3,(H3,16,20,21)/b18-5+. The molecular formula is C13H11ClFN5O3. The average Bonchev–Trinajstić information content (AvgIpc) is 2.51. The summed E-state index contributed by atoms with van der Waals surface area (Å²) >= 11 is 5.61. The number of hydrogen-bond acceptors (Lipinski definition) is 6. The SMILES string of the molecule is COc1ccc(/C=N/NC(N)=O)cc1Oc1nc(Cl)ncc1F. The van der Waals surface area contributed by atoms with Crippen molar-refractivity contribution in [2.24, 2.45) is 10.8 Å². The molecule has 8 nitrogen and oxygen atoms in total. The largest absolute Gasteiger partial charge is 0.493 e. The van der Waals surface area contributed by atoms with Gasteiger partial charge in [0.1, 0.15) is 0 Å². The molecule has 0 aliphatic heterocycles. The van der Waals surface area contributed by atoms with Crippen LogP contribution in [0.1, 0.15) is 5.56 Å². The molecule has 0 bridgehead atoms. The number of nitrogens with two attached hydrogens (primary N) is 1. The van der Waals surface area contributed by atoms with E-state index in [2.05, 4.69) is 15.1 Å². The summed E-state index contributed by atoms with van der Waals surface area (Å²) in [6, 6.07) is 3.91. The van der Waals surface area contributed by atoms with E-state index in [0.717, 1.165) is 6.20 Å². The number of hydrogen-bond donors (Lipinski definition) is 2. The van der Waals surface area contributed by atoms with Crippen molar-refractivity contribution in [1.29, 1.82) is 0 Å². The lowest BCUT2D eigenvalue weighted by Gasteiger charge is -2.10. The number of nitrogens with zero attached hydrogens (tertiary/aromatic N) is 3. The van der Waals surface area contributed by atoms with Crippen molar-refractivity contribution < 1.29 is 18.7 Å². The fraction of sp³-hybridized carbons (Fsp3) is 0.0769. The van der Waals surface area contributed by atoms with Crippen molar-refractivity contribution in [2.45, 2.75) is 0 Å². The van der Waals surface area contributed by atoms with Gasteiger partial charge in [-0.25, -0.2) is 15.2 Å². The van der Waals surface area contributed by atoms with Crippen LogP contribution in [0.5, 0.6) is 17.4 Å². The Kier molecular flexibility index (Phi) is 5.26. The van der Waals surface area contributed by atoms with E-state index in [1.54, 1.807) is 12.1 Å². The molecule has 0 aliphatic rings. The van der Waals surface area contributed by atoms with Crippen molar-refractivity contribution in [3.05, 3.63) is 41.1 Å². The number of benzene rings is 1. The molecule has 2 aromatic rings. The van der Waals surface area contributed by atoms with Crippen LogP contribution in [0.15, 0.2) is 29.5 Å². The lowest BCUT2D eigenvalue weighted by Crippen LogP contribution is -2.24. The Balaban J connectivity index is 2.30. The zero-order valence-electron chi connectivity index (χ0n) is 11.8. The maximum absolute atomic E-state index is 13.6. The average molecular weight is 340 g/mol. The number of nitrogens with one attached hydrogen (secondary N) is 1. The number of amides is 2. The second-order valence-corrected chi connectivity index (χ2v) is 4.38. The number of rotatable bonds is 5. The van der Waals surface area contributed by atoms with Crippen molar-refractivity contribution >= 4 is 23.8 Å². The molecule has 2 amide bonds. The molecule has 0 radical (unpaired) electrons. The van der Waals surface area contributed by atoms with Gasteiger partial charge in [0.2, 0.25) is 11.1 Å². The molecule has 0 unspecified atom stereocenters. The van der Waals surface area contributed by atoms with Crippen molar-refractivity contribution in [1.82, 2.24) is 15.4 Å². The Morgan fingerprint density at radius 1 is 1.48 bits per heavy atom. The zero-order valence-corrected chi connectivity index (χ0v) is 12.5. The molecule has 0 spiro atoms. The van der Waals surface area contributed by atoms with Crippen LogP contribution in [0.25, 0.3) is 0 Å². The first-order chi connectivity index (χ1) is 11.0. The molecule has 3 N–H and O–H groups in total. The quantitative estimate of drug-likeness (QED) is 0.492. The molecular weight excluding hydrogens is 329 g/mol. The molecule has 0 aliphatic carbocycles. The van der Waals surface area contributed by atoms with E-state index in [-0.39, 0.29) is 16.9 Å². The Hall–Kier alpha value is -2.94. The van der Waals surface area contributed by atoms with Crippen LogP contribution in [0.3, 0.4) is 0 Å². The van der Waals surface area contributed by atoms with Gasteiger partial charge in [0.05, 0.1) is 19.5 Å². The fourth-order valence-corrected chi connectivity index (χ4v) is 1.66. The topological polar surface area (TPSA) is 112 Å². The summed E-state index contributed by atoms with van der Waals surface area (Å²) in [6.45, 7) is 0. The smallest absolute Gasteiger partial charge is 0.332 e. The summed E-state index contributed by atoms with van der Waals surface area (Å²) in [7, 11) is 1.42. The van der Waals surface area contributed by atoms with Crippen molar-refractivity contribution in [3.8, 4) is 17.4 Å². The highest BCUT2D eigenvalue weighted by molar-refractivity contribution is 6.28. The third kappa shape index (κ3) is 4.51. The predicted octanol–water partition coefficient (Wildman–Crippen LogP) is 2.07. The molecule has 10 heteroatoms. The third-order valence-electron chi connectivity index (χ3n) is 2.47. The van der Waals surface area contributed by atoms with Crippen LogP contribution in [-0.4, -0.2) is 29.3 Å². The molecule has 23 heavy (non-hydrogen) atoms.